The maximum Gasteiger partial charge on any atom is 0.328 e. The summed E-state index contributed by atoms with van der Waals surface area (Å²) in [6.45, 7) is 2.19. The molecule has 0 aromatic heterocycles. The second-order valence-electron chi connectivity index (χ2n) is 7.43. The van der Waals surface area contributed by atoms with E-state index in [1.165, 1.54) is 33.0 Å². The summed E-state index contributed by atoms with van der Waals surface area (Å²) in [5.41, 5.74) is 6.85. The van der Waals surface area contributed by atoms with Gasteiger partial charge in [0.15, 0.2) is 0 Å². The van der Waals surface area contributed by atoms with Crippen molar-refractivity contribution in [2.45, 2.75) is 13.3 Å². The van der Waals surface area contributed by atoms with Crippen LogP contribution in [0.15, 0.2) is 103 Å². The Morgan fingerprint density at radius 2 is 1.39 bits per heavy atom. The molecule has 0 amide bonds. The number of carboxylic acids is 1. The number of aliphatic carboxylic acids is 1. The number of rotatable bonds is 6. The monoisotopic (exact) mass is 404 g/mol. The molecule has 4 aromatic carbocycles. The number of fused-ring (bicyclic) bond motifs is 1. The standard InChI is InChI=1S/C29H24O2/c1-2-27(23-9-4-3-5-10-23)29(24-15-12-21(13-16-24)14-19-28(30)31)26-18-17-22-8-6-7-11-25(22)20-26/h3-20H,2H2,1H3,(H,30,31). The Labute approximate surface area is 182 Å². The van der Waals surface area contributed by atoms with E-state index in [1.807, 2.05) is 18.2 Å². The molecule has 0 saturated carbocycles. The Balaban J connectivity index is 1.90. The number of allylic oxidation sites excluding steroid dienone is 1. The van der Waals surface area contributed by atoms with E-state index in [0.717, 1.165) is 23.6 Å². The minimum absolute atomic E-state index is 0.863. The molecule has 0 heterocycles. The number of carbonyl (C=O) groups is 1. The first-order valence-electron chi connectivity index (χ1n) is 10.4. The predicted molar refractivity (Wildman–Crippen MR) is 130 cm³/mol. The first kappa shape index (κ1) is 20.4. The first-order chi connectivity index (χ1) is 15.2. The molecular formula is C29H24O2. The molecule has 0 aliphatic heterocycles. The minimum atomic E-state index is -0.946. The molecule has 0 atom stereocenters. The highest BCUT2D eigenvalue weighted by atomic mass is 16.4. The van der Waals surface area contributed by atoms with Crippen LogP contribution >= 0.6 is 0 Å². The van der Waals surface area contributed by atoms with Crippen LogP contribution in [0.1, 0.15) is 35.6 Å². The maximum absolute atomic E-state index is 10.8. The van der Waals surface area contributed by atoms with Gasteiger partial charge in [-0.05, 0) is 62.7 Å². The lowest BCUT2D eigenvalue weighted by molar-refractivity contribution is -0.131. The van der Waals surface area contributed by atoms with E-state index in [-0.39, 0.29) is 0 Å². The smallest absolute Gasteiger partial charge is 0.328 e. The average Bonchev–Trinajstić information content (AvgIpc) is 2.82. The van der Waals surface area contributed by atoms with E-state index in [9.17, 15) is 4.79 Å². The molecule has 0 unspecified atom stereocenters. The lowest BCUT2D eigenvalue weighted by atomic mass is 9.87. The molecule has 152 valence electrons. The summed E-state index contributed by atoms with van der Waals surface area (Å²) in [6, 6.07) is 33.6. The van der Waals surface area contributed by atoms with Crippen LogP contribution in [-0.4, -0.2) is 11.1 Å². The number of hydrogen-bond donors (Lipinski definition) is 1. The van der Waals surface area contributed by atoms with Crippen molar-refractivity contribution in [1.82, 2.24) is 0 Å². The Bertz CT molecular complexity index is 1260. The molecule has 0 fully saturated rings. The summed E-state index contributed by atoms with van der Waals surface area (Å²) in [5, 5.41) is 11.3. The fourth-order valence-electron chi connectivity index (χ4n) is 3.95. The molecule has 2 heteroatoms. The van der Waals surface area contributed by atoms with Crippen LogP contribution in [0.3, 0.4) is 0 Å². The maximum atomic E-state index is 10.8. The SMILES string of the molecule is CCC(=C(c1ccc(C=CC(=O)O)cc1)c1ccc2ccccc2c1)c1ccccc1. The Morgan fingerprint density at radius 1 is 0.742 bits per heavy atom. The van der Waals surface area contributed by atoms with Gasteiger partial charge in [0, 0.05) is 6.08 Å². The Hall–Kier alpha value is -3.91. The molecule has 0 spiro atoms. The van der Waals surface area contributed by atoms with E-state index < -0.39 is 5.97 Å². The summed E-state index contributed by atoms with van der Waals surface area (Å²) >= 11 is 0. The van der Waals surface area contributed by atoms with Crippen molar-refractivity contribution < 1.29 is 9.90 Å². The molecular weight excluding hydrogens is 380 g/mol. The van der Waals surface area contributed by atoms with E-state index >= 15 is 0 Å². The van der Waals surface area contributed by atoms with E-state index in [2.05, 4.69) is 85.8 Å². The third kappa shape index (κ3) is 4.65. The van der Waals surface area contributed by atoms with Gasteiger partial charge in [-0.2, -0.15) is 0 Å². The van der Waals surface area contributed by atoms with Gasteiger partial charge in [0.1, 0.15) is 0 Å². The molecule has 4 rings (SSSR count). The summed E-state index contributed by atoms with van der Waals surface area (Å²) in [4.78, 5) is 10.8. The highest BCUT2D eigenvalue weighted by Gasteiger charge is 2.13. The van der Waals surface area contributed by atoms with E-state index in [1.54, 1.807) is 6.08 Å². The molecule has 0 radical (unpaired) electrons. The second kappa shape index (κ2) is 9.27. The average molecular weight is 405 g/mol. The summed E-state index contributed by atoms with van der Waals surface area (Å²) in [7, 11) is 0. The topological polar surface area (TPSA) is 37.3 Å². The molecule has 0 aliphatic rings. The zero-order chi connectivity index (χ0) is 21.6. The predicted octanol–water partition coefficient (Wildman–Crippen LogP) is 7.31. The summed E-state index contributed by atoms with van der Waals surface area (Å²) in [6.07, 6.45) is 3.67. The second-order valence-corrected chi connectivity index (χ2v) is 7.43. The van der Waals surface area contributed by atoms with Crippen molar-refractivity contribution >= 4 is 34.0 Å². The molecule has 0 aliphatic carbocycles. The molecule has 1 N–H and O–H groups in total. The van der Waals surface area contributed by atoms with Crippen LogP contribution in [0, 0.1) is 0 Å². The number of benzene rings is 4. The van der Waals surface area contributed by atoms with Crippen LogP contribution in [-0.2, 0) is 4.79 Å². The first-order valence-corrected chi connectivity index (χ1v) is 10.4. The molecule has 4 aromatic rings. The van der Waals surface area contributed by atoms with Crippen LogP contribution in [0.25, 0.3) is 28.0 Å². The van der Waals surface area contributed by atoms with Crippen molar-refractivity contribution in [2.24, 2.45) is 0 Å². The largest absolute Gasteiger partial charge is 0.478 e. The molecule has 31 heavy (non-hydrogen) atoms. The Morgan fingerprint density at radius 3 is 2.06 bits per heavy atom. The molecule has 0 bridgehead atoms. The number of hydrogen-bond acceptors (Lipinski definition) is 1. The van der Waals surface area contributed by atoms with Crippen molar-refractivity contribution in [3.63, 3.8) is 0 Å². The van der Waals surface area contributed by atoms with Gasteiger partial charge in [-0.15, -0.1) is 0 Å². The summed E-state index contributed by atoms with van der Waals surface area (Å²) in [5.74, 6) is -0.946. The highest BCUT2D eigenvalue weighted by molar-refractivity contribution is 6.00. The quantitative estimate of drug-likeness (QED) is 0.270. The number of carboxylic acid groups (broad SMARTS) is 1. The lowest BCUT2D eigenvalue weighted by Gasteiger charge is -2.17. The van der Waals surface area contributed by atoms with Crippen LogP contribution < -0.4 is 0 Å². The fourth-order valence-corrected chi connectivity index (χ4v) is 3.95. The Kier molecular flexibility index (Phi) is 6.09. The van der Waals surface area contributed by atoms with Crippen LogP contribution in [0.2, 0.25) is 0 Å². The molecule has 2 nitrogen and oxygen atoms in total. The van der Waals surface area contributed by atoms with E-state index in [4.69, 9.17) is 5.11 Å². The van der Waals surface area contributed by atoms with Gasteiger partial charge in [0.05, 0.1) is 0 Å². The third-order valence-electron chi connectivity index (χ3n) is 5.43. The van der Waals surface area contributed by atoms with Crippen molar-refractivity contribution in [2.75, 3.05) is 0 Å². The lowest BCUT2D eigenvalue weighted by Crippen LogP contribution is -1.95. The zero-order valence-corrected chi connectivity index (χ0v) is 17.5. The van der Waals surface area contributed by atoms with Gasteiger partial charge >= 0.3 is 5.97 Å². The highest BCUT2D eigenvalue weighted by Crippen LogP contribution is 2.35. The van der Waals surface area contributed by atoms with E-state index in [0.29, 0.717) is 0 Å². The van der Waals surface area contributed by atoms with Gasteiger partial charge in [-0.25, -0.2) is 4.79 Å². The van der Waals surface area contributed by atoms with Crippen molar-refractivity contribution in [3.05, 3.63) is 125 Å². The van der Waals surface area contributed by atoms with Crippen molar-refractivity contribution in [1.29, 1.82) is 0 Å². The summed E-state index contributed by atoms with van der Waals surface area (Å²) < 4.78 is 0. The third-order valence-corrected chi connectivity index (χ3v) is 5.43. The zero-order valence-electron chi connectivity index (χ0n) is 17.5. The fraction of sp³-hybridized carbons (Fsp3) is 0.0690. The van der Waals surface area contributed by atoms with Gasteiger partial charge in [-0.3, -0.25) is 0 Å². The van der Waals surface area contributed by atoms with Gasteiger partial charge in [0.25, 0.3) is 0 Å². The van der Waals surface area contributed by atoms with Gasteiger partial charge in [-0.1, -0.05) is 97.9 Å². The van der Waals surface area contributed by atoms with Crippen LogP contribution in [0.4, 0.5) is 0 Å². The minimum Gasteiger partial charge on any atom is -0.478 e. The van der Waals surface area contributed by atoms with Gasteiger partial charge < -0.3 is 5.11 Å². The van der Waals surface area contributed by atoms with Crippen molar-refractivity contribution in [3.8, 4) is 0 Å². The van der Waals surface area contributed by atoms with Gasteiger partial charge in [0.2, 0.25) is 0 Å². The molecule has 0 saturated heterocycles. The van der Waals surface area contributed by atoms with Crippen LogP contribution in [0.5, 0.6) is 0 Å². The normalized spacial score (nSPS) is 12.2.